The van der Waals surface area contributed by atoms with E-state index in [0.717, 1.165) is 16.9 Å². The van der Waals surface area contributed by atoms with Crippen molar-refractivity contribution in [2.24, 2.45) is 7.05 Å². The minimum atomic E-state index is -0.134. The number of benzene rings is 1. The largest absolute Gasteiger partial charge is 0.497 e. The molecular weight excluding hydrogens is 414 g/mol. The maximum atomic E-state index is 13.5. The number of ether oxygens (including phenoxy) is 2. The van der Waals surface area contributed by atoms with Gasteiger partial charge < -0.3 is 18.8 Å². The van der Waals surface area contributed by atoms with E-state index in [9.17, 15) is 4.79 Å². The van der Waals surface area contributed by atoms with Gasteiger partial charge in [0.25, 0.3) is 5.91 Å². The predicted molar refractivity (Wildman–Crippen MR) is 118 cm³/mol. The van der Waals surface area contributed by atoms with E-state index in [1.54, 1.807) is 54.5 Å². The Labute approximate surface area is 184 Å². The van der Waals surface area contributed by atoms with E-state index in [1.165, 1.54) is 0 Å². The fourth-order valence-electron chi connectivity index (χ4n) is 3.37. The van der Waals surface area contributed by atoms with Crippen molar-refractivity contribution < 1.29 is 18.7 Å². The summed E-state index contributed by atoms with van der Waals surface area (Å²) in [6, 6.07) is 13.0. The van der Waals surface area contributed by atoms with E-state index in [2.05, 4.69) is 5.10 Å². The number of methoxy groups -OCH3 is 2. The highest BCUT2D eigenvalue weighted by atomic mass is 32.1. The Bertz CT molecular complexity index is 1110. The number of carbonyl (C=O) groups excluding carboxylic acids is 1. The van der Waals surface area contributed by atoms with Crippen LogP contribution in [0.5, 0.6) is 11.5 Å². The van der Waals surface area contributed by atoms with Crippen LogP contribution in [0.3, 0.4) is 0 Å². The van der Waals surface area contributed by atoms with Crippen molar-refractivity contribution in [2.45, 2.75) is 13.1 Å². The number of hydrogen-bond donors (Lipinski definition) is 0. The molecule has 0 N–H and O–H groups in total. The fraction of sp³-hybridized carbons (Fsp3) is 0.217. The minimum absolute atomic E-state index is 0.134. The van der Waals surface area contributed by atoms with E-state index < -0.39 is 0 Å². The van der Waals surface area contributed by atoms with E-state index in [0.29, 0.717) is 36.0 Å². The second-order valence-corrected chi connectivity index (χ2v) is 7.76. The first-order chi connectivity index (χ1) is 15.1. The van der Waals surface area contributed by atoms with Gasteiger partial charge in [0.1, 0.15) is 23.0 Å². The molecule has 31 heavy (non-hydrogen) atoms. The minimum Gasteiger partial charge on any atom is -0.497 e. The monoisotopic (exact) mass is 437 g/mol. The summed E-state index contributed by atoms with van der Waals surface area (Å²) >= 11 is 1.60. The molecule has 7 nitrogen and oxygen atoms in total. The maximum absolute atomic E-state index is 13.5. The zero-order valence-electron chi connectivity index (χ0n) is 17.6. The molecule has 4 rings (SSSR count). The molecule has 0 aliphatic carbocycles. The molecule has 1 aromatic carbocycles. The second-order valence-electron chi connectivity index (χ2n) is 6.98. The predicted octanol–water partition coefficient (Wildman–Crippen LogP) is 4.60. The molecule has 0 bridgehead atoms. The van der Waals surface area contributed by atoms with Crippen LogP contribution in [0.15, 0.2) is 63.9 Å². The first-order valence-corrected chi connectivity index (χ1v) is 10.6. The highest BCUT2D eigenvalue weighted by Crippen LogP contribution is 2.33. The van der Waals surface area contributed by atoms with Crippen molar-refractivity contribution >= 4 is 17.2 Å². The van der Waals surface area contributed by atoms with Gasteiger partial charge in [-0.05, 0) is 58.8 Å². The molecule has 3 aromatic heterocycles. The van der Waals surface area contributed by atoms with Crippen LogP contribution in [-0.4, -0.2) is 34.8 Å². The summed E-state index contributed by atoms with van der Waals surface area (Å²) in [5.74, 6) is 1.93. The smallest absolute Gasteiger partial charge is 0.272 e. The van der Waals surface area contributed by atoms with Crippen molar-refractivity contribution in [3.8, 4) is 22.8 Å². The Kier molecular flexibility index (Phi) is 6.08. The molecule has 0 saturated carbocycles. The fourth-order valence-corrected chi connectivity index (χ4v) is 4.03. The van der Waals surface area contributed by atoms with Gasteiger partial charge >= 0.3 is 0 Å². The van der Waals surface area contributed by atoms with Crippen molar-refractivity contribution in [1.29, 1.82) is 0 Å². The van der Waals surface area contributed by atoms with Crippen LogP contribution < -0.4 is 9.47 Å². The number of carbonyl (C=O) groups is 1. The van der Waals surface area contributed by atoms with Crippen molar-refractivity contribution in [3.63, 3.8) is 0 Å². The van der Waals surface area contributed by atoms with Gasteiger partial charge in [-0.25, -0.2) is 0 Å². The Balaban J connectivity index is 1.67. The number of aromatic nitrogens is 2. The van der Waals surface area contributed by atoms with Crippen LogP contribution in [0.4, 0.5) is 0 Å². The summed E-state index contributed by atoms with van der Waals surface area (Å²) in [6.07, 6.45) is 1.61. The van der Waals surface area contributed by atoms with Gasteiger partial charge in [0.2, 0.25) is 0 Å². The van der Waals surface area contributed by atoms with Gasteiger partial charge in [-0.1, -0.05) is 0 Å². The molecule has 0 radical (unpaired) electrons. The van der Waals surface area contributed by atoms with E-state index in [4.69, 9.17) is 13.9 Å². The lowest BCUT2D eigenvalue weighted by molar-refractivity contribution is 0.0706. The standard InChI is InChI=1S/C23H23N3O4S/c1-25-21(12-20(24-25)19-11-17(28-2)6-7-22(19)29-3)23(27)26(13-16-8-10-31-15-16)14-18-5-4-9-30-18/h4-12,15H,13-14H2,1-3H3. The van der Waals surface area contributed by atoms with Gasteiger partial charge in [-0.3, -0.25) is 9.48 Å². The van der Waals surface area contributed by atoms with Crippen LogP contribution in [0.25, 0.3) is 11.3 Å². The van der Waals surface area contributed by atoms with Crippen LogP contribution in [0.2, 0.25) is 0 Å². The summed E-state index contributed by atoms with van der Waals surface area (Å²) < 4.78 is 17.9. The molecule has 0 spiro atoms. The lowest BCUT2D eigenvalue weighted by atomic mass is 10.1. The Morgan fingerprint density at radius 3 is 2.71 bits per heavy atom. The van der Waals surface area contributed by atoms with E-state index >= 15 is 0 Å². The summed E-state index contributed by atoms with van der Waals surface area (Å²) in [4.78, 5) is 15.3. The van der Waals surface area contributed by atoms with Crippen molar-refractivity contribution in [1.82, 2.24) is 14.7 Å². The highest BCUT2D eigenvalue weighted by molar-refractivity contribution is 7.07. The van der Waals surface area contributed by atoms with Crippen LogP contribution in [0.1, 0.15) is 21.8 Å². The summed E-state index contributed by atoms with van der Waals surface area (Å²) in [6.45, 7) is 0.844. The summed E-state index contributed by atoms with van der Waals surface area (Å²) in [7, 11) is 4.97. The molecule has 1 amide bonds. The first-order valence-electron chi connectivity index (χ1n) is 9.68. The van der Waals surface area contributed by atoms with Gasteiger partial charge in [-0.15, -0.1) is 0 Å². The van der Waals surface area contributed by atoms with Crippen LogP contribution >= 0.6 is 11.3 Å². The zero-order chi connectivity index (χ0) is 21.8. The molecule has 0 aliphatic rings. The normalized spacial score (nSPS) is 10.8. The van der Waals surface area contributed by atoms with Gasteiger partial charge in [0, 0.05) is 19.2 Å². The van der Waals surface area contributed by atoms with Crippen molar-refractivity contribution in [2.75, 3.05) is 14.2 Å². The Hall–Kier alpha value is -3.52. The zero-order valence-corrected chi connectivity index (χ0v) is 18.4. The van der Waals surface area contributed by atoms with Gasteiger partial charge in [0.05, 0.1) is 32.7 Å². The number of thiophene rings is 1. The average molecular weight is 438 g/mol. The molecule has 0 atom stereocenters. The van der Waals surface area contributed by atoms with Gasteiger partial charge in [-0.2, -0.15) is 16.4 Å². The molecule has 0 saturated heterocycles. The Morgan fingerprint density at radius 1 is 1.16 bits per heavy atom. The quantitative estimate of drug-likeness (QED) is 0.403. The number of rotatable bonds is 8. The topological polar surface area (TPSA) is 69.7 Å². The first kappa shape index (κ1) is 20.7. The molecule has 160 valence electrons. The second kappa shape index (κ2) is 9.09. The van der Waals surface area contributed by atoms with Crippen LogP contribution in [0, 0.1) is 0 Å². The lowest BCUT2D eigenvalue weighted by Crippen LogP contribution is -2.31. The van der Waals surface area contributed by atoms with Gasteiger partial charge in [0.15, 0.2) is 0 Å². The average Bonchev–Trinajstić information content (AvgIpc) is 3.55. The molecular formula is C23H23N3O4S. The molecule has 3 heterocycles. The summed E-state index contributed by atoms with van der Waals surface area (Å²) in [5.41, 5.74) is 2.94. The molecule has 8 heteroatoms. The number of amides is 1. The SMILES string of the molecule is COc1ccc(OC)c(-c2cc(C(=O)N(Cc3ccsc3)Cc3ccco3)n(C)n2)c1. The lowest BCUT2D eigenvalue weighted by Gasteiger charge is -2.21. The number of furan rings is 1. The van der Waals surface area contributed by atoms with Crippen LogP contribution in [-0.2, 0) is 20.1 Å². The highest BCUT2D eigenvalue weighted by Gasteiger charge is 2.23. The third kappa shape index (κ3) is 4.49. The van der Waals surface area contributed by atoms with E-state index in [1.807, 2.05) is 47.2 Å². The number of aryl methyl sites for hydroxylation is 1. The number of nitrogens with zero attached hydrogens (tertiary/aromatic N) is 3. The molecule has 0 fully saturated rings. The molecule has 0 aliphatic heterocycles. The third-order valence-electron chi connectivity index (χ3n) is 4.95. The third-order valence-corrected chi connectivity index (χ3v) is 5.68. The molecule has 0 unspecified atom stereocenters. The molecule has 4 aromatic rings. The Morgan fingerprint density at radius 2 is 2.03 bits per heavy atom. The maximum Gasteiger partial charge on any atom is 0.272 e. The van der Waals surface area contributed by atoms with Crippen molar-refractivity contribution in [3.05, 3.63) is 76.5 Å². The summed E-state index contributed by atoms with van der Waals surface area (Å²) in [5, 5.41) is 8.62. The number of hydrogen-bond acceptors (Lipinski definition) is 6. The van der Waals surface area contributed by atoms with E-state index in [-0.39, 0.29) is 5.91 Å².